The van der Waals surface area contributed by atoms with Crippen LogP contribution in [0.4, 0.5) is 10.1 Å². The molecule has 0 radical (unpaired) electrons. The molecule has 3 aromatic heterocycles. The van der Waals surface area contributed by atoms with Crippen molar-refractivity contribution in [2.24, 2.45) is 0 Å². The first kappa shape index (κ1) is 18.3. The van der Waals surface area contributed by atoms with E-state index in [9.17, 15) is 9.18 Å². The number of aromatic amines is 1. The van der Waals surface area contributed by atoms with Gasteiger partial charge in [-0.3, -0.25) is 9.78 Å². The molecule has 1 saturated heterocycles. The first-order valence-corrected chi connectivity index (χ1v) is 9.87. The molecule has 0 saturated carbocycles. The number of nitrogens with one attached hydrogen (secondary N) is 2. The Hall–Kier alpha value is -3.74. The van der Waals surface area contributed by atoms with Crippen LogP contribution in [-0.2, 0) is 0 Å². The van der Waals surface area contributed by atoms with Gasteiger partial charge in [-0.05, 0) is 54.3 Å². The summed E-state index contributed by atoms with van der Waals surface area (Å²) < 4.78 is 13.9. The first-order valence-electron chi connectivity index (χ1n) is 9.87. The highest BCUT2D eigenvalue weighted by molar-refractivity contribution is 5.97. The van der Waals surface area contributed by atoms with Crippen molar-refractivity contribution in [2.45, 2.75) is 12.5 Å². The number of nitrogens with zero attached hydrogens (tertiary/aromatic N) is 3. The maximum absolute atomic E-state index is 13.9. The lowest BCUT2D eigenvalue weighted by atomic mass is 10.0. The van der Waals surface area contributed by atoms with Gasteiger partial charge in [0.15, 0.2) is 0 Å². The molecule has 4 heterocycles. The van der Waals surface area contributed by atoms with Crippen molar-refractivity contribution >= 4 is 22.4 Å². The minimum atomic E-state index is -0.727. The third-order valence-corrected chi connectivity index (χ3v) is 5.49. The predicted molar refractivity (Wildman–Crippen MR) is 114 cm³/mol. The van der Waals surface area contributed by atoms with Crippen molar-refractivity contribution in [1.82, 2.24) is 19.9 Å². The number of amides is 1. The summed E-state index contributed by atoms with van der Waals surface area (Å²) in [5.41, 5.74) is 3.09. The SMILES string of the molecule is O=C(c1cccnc1F)N1CCC(Nc2cc(-c3ccc[nH]3)cc3ccncc23)C1. The topological polar surface area (TPSA) is 73.9 Å². The molecule has 1 aliphatic heterocycles. The van der Waals surface area contributed by atoms with Crippen LogP contribution in [0.5, 0.6) is 0 Å². The second-order valence-electron chi connectivity index (χ2n) is 7.43. The monoisotopic (exact) mass is 401 g/mol. The van der Waals surface area contributed by atoms with E-state index in [-0.39, 0.29) is 17.5 Å². The third kappa shape index (κ3) is 3.39. The van der Waals surface area contributed by atoms with Gasteiger partial charge in [0.1, 0.15) is 0 Å². The molecule has 1 amide bonds. The molecule has 1 fully saturated rings. The summed E-state index contributed by atoms with van der Waals surface area (Å²) >= 11 is 0. The second kappa shape index (κ2) is 7.59. The Morgan fingerprint density at radius 1 is 1.20 bits per heavy atom. The van der Waals surface area contributed by atoms with E-state index in [0.717, 1.165) is 34.1 Å². The summed E-state index contributed by atoms with van der Waals surface area (Å²) in [5, 5.41) is 5.69. The van der Waals surface area contributed by atoms with Gasteiger partial charge in [-0.15, -0.1) is 0 Å². The van der Waals surface area contributed by atoms with E-state index in [4.69, 9.17) is 0 Å². The number of halogens is 1. The minimum Gasteiger partial charge on any atom is -0.380 e. The summed E-state index contributed by atoms with van der Waals surface area (Å²) in [6.07, 6.45) is 7.65. The van der Waals surface area contributed by atoms with Gasteiger partial charge in [0.2, 0.25) is 5.95 Å². The van der Waals surface area contributed by atoms with Crippen LogP contribution in [0.3, 0.4) is 0 Å². The molecule has 0 aliphatic carbocycles. The molecule has 150 valence electrons. The highest BCUT2D eigenvalue weighted by Gasteiger charge is 2.29. The maximum atomic E-state index is 13.9. The number of benzene rings is 1. The number of pyridine rings is 2. The second-order valence-corrected chi connectivity index (χ2v) is 7.43. The summed E-state index contributed by atoms with van der Waals surface area (Å²) in [6, 6.07) is 13.3. The van der Waals surface area contributed by atoms with Gasteiger partial charge < -0.3 is 15.2 Å². The lowest BCUT2D eigenvalue weighted by Crippen LogP contribution is -2.32. The van der Waals surface area contributed by atoms with Crippen molar-refractivity contribution in [3.8, 4) is 11.3 Å². The van der Waals surface area contributed by atoms with E-state index in [1.807, 2.05) is 30.6 Å². The van der Waals surface area contributed by atoms with Gasteiger partial charge in [0, 0.05) is 66.2 Å². The highest BCUT2D eigenvalue weighted by atomic mass is 19.1. The number of carbonyl (C=O) groups is 1. The van der Waals surface area contributed by atoms with E-state index in [0.29, 0.717) is 13.1 Å². The van der Waals surface area contributed by atoms with Crippen molar-refractivity contribution < 1.29 is 9.18 Å². The largest absolute Gasteiger partial charge is 0.380 e. The molecule has 7 heteroatoms. The van der Waals surface area contributed by atoms with Crippen LogP contribution in [0.1, 0.15) is 16.8 Å². The zero-order valence-corrected chi connectivity index (χ0v) is 16.2. The van der Waals surface area contributed by atoms with Gasteiger partial charge in [0.25, 0.3) is 5.91 Å². The van der Waals surface area contributed by atoms with E-state index in [1.54, 1.807) is 17.2 Å². The zero-order chi connectivity index (χ0) is 20.5. The molecule has 4 aromatic rings. The van der Waals surface area contributed by atoms with Crippen molar-refractivity contribution in [3.63, 3.8) is 0 Å². The fourth-order valence-corrected chi connectivity index (χ4v) is 3.98. The molecule has 5 rings (SSSR count). The van der Waals surface area contributed by atoms with Crippen LogP contribution >= 0.6 is 0 Å². The Morgan fingerprint density at radius 3 is 2.97 bits per heavy atom. The van der Waals surface area contributed by atoms with E-state index in [2.05, 4.69) is 32.4 Å². The standard InChI is InChI=1S/C23H20FN5O/c24-22-18(3-1-8-27-22)23(30)29-10-6-17(14-29)28-21-12-16(20-4-2-7-26-20)11-15-5-9-25-13-19(15)21/h1-5,7-9,11-13,17,26,28H,6,10,14H2. The van der Waals surface area contributed by atoms with Crippen LogP contribution in [-0.4, -0.2) is 44.9 Å². The van der Waals surface area contributed by atoms with Crippen LogP contribution in [0.2, 0.25) is 0 Å². The van der Waals surface area contributed by atoms with E-state index < -0.39 is 5.95 Å². The lowest BCUT2D eigenvalue weighted by Gasteiger charge is -2.19. The quantitative estimate of drug-likeness (QED) is 0.505. The van der Waals surface area contributed by atoms with Gasteiger partial charge in [-0.25, -0.2) is 4.98 Å². The van der Waals surface area contributed by atoms with Gasteiger partial charge >= 0.3 is 0 Å². The fourth-order valence-electron chi connectivity index (χ4n) is 3.98. The van der Waals surface area contributed by atoms with Crippen LogP contribution in [0, 0.1) is 5.95 Å². The zero-order valence-electron chi connectivity index (χ0n) is 16.2. The number of carbonyl (C=O) groups excluding carboxylic acids is 1. The van der Waals surface area contributed by atoms with Crippen LogP contribution in [0.25, 0.3) is 22.0 Å². The number of aromatic nitrogens is 3. The molecule has 30 heavy (non-hydrogen) atoms. The molecule has 1 atom stereocenters. The number of anilines is 1. The van der Waals surface area contributed by atoms with Crippen molar-refractivity contribution in [3.05, 3.63) is 78.8 Å². The fraction of sp³-hybridized carbons (Fsp3) is 0.174. The summed E-state index contributed by atoms with van der Waals surface area (Å²) in [7, 11) is 0. The Kier molecular flexibility index (Phi) is 4.63. The molecule has 6 nitrogen and oxygen atoms in total. The summed E-state index contributed by atoms with van der Waals surface area (Å²) in [6.45, 7) is 1.07. The molecular weight excluding hydrogens is 381 g/mol. The van der Waals surface area contributed by atoms with Crippen molar-refractivity contribution in [1.29, 1.82) is 0 Å². The molecule has 1 unspecified atom stereocenters. The summed E-state index contributed by atoms with van der Waals surface area (Å²) in [5.74, 6) is -1.05. The van der Waals surface area contributed by atoms with Crippen molar-refractivity contribution in [2.75, 3.05) is 18.4 Å². The third-order valence-electron chi connectivity index (χ3n) is 5.49. The Morgan fingerprint density at radius 2 is 2.13 bits per heavy atom. The average Bonchev–Trinajstić information content (AvgIpc) is 3.46. The van der Waals surface area contributed by atoms with E-state index in [1.165, 1.54) is 12.3 Å². The van der Waals surface area contributed by atoms with Crippen LogP contribution < -0.4 is 5.32 Å². The molecule has 0 spiro atoms. The Bertz CT molecular complexity index is 1210. The Balaban J connectivity index is 1.40. The van der Waals surface area contributed by atoms with Gasteiger partial charge in [-0.1, -0.05) is 0 Å². The van der Waals surface area contributed by atoms with Crippen LogP contribution in [0.15, 0.2) is 67.3 Å². The maximum Gasteiger partial charge on any atom is 0.258 e. The molecule has 1 aliphatic rings. The normalized spacial score (nSPS) is 16.2. The lowest BCUT2D eigenvalue weighted by molar-refractivity contribution is 0.0786. The Labute approximate surface area is 172 Å². The molecule has 2 N–H and O–H groups in total. The number of hydrogen-bond donors (Lipinski definition) is 2. The molecular formula is C23H20FN5O. The smallest absolute Gasteiger partial charge is 0.258 e. The predicted octanol–water partition coefficient (Wildman–Crippen LogP) is 4.09. The number of rotatable bonds is 4. The van der Waals surface area contributed by atoms with Gasteiger partial charge in [-0.2, -0.15) is 4.39 Å². The highest BCUT2D eigenvalue weighted by Crippen LogP contribution is 2.31. The summed E-state index contributed by atoms with van der Waals surface area (Å²) in [4.78, 5) is 25.5. The minimum absolute atomic E-state index is 0.0153. The number of likely N-dealkylation sites (tertiary alicyclic amines) is 1. The number of fused-ring (bicyclic) bond motifs is 1. The number of hydrogen-bond acceptors (Lipinski definition) is 4. The van der Waals surface area contributed by atoms with E-state index >= 15 is 0 Å². The first-order chi connectivity index (χ1) is 14.7. The molecule has 0 bridgehead atoms. The average molecular weight is 401 g/mol. The van der Waals surface area contributed by atoms with Gasteiger partial charge in [0.05, 0.1) is 5.56 Å². The molecule has 1 aromatic carbocycles. The number of H-pyrrole nitrogens is 1.